The van der Waals surface area contributed by atoms with E-state index in [0.29, 0.717) is 28.8 Å². The number of amidine groups is 1. The first-order chi connectivity index (χ1) is 17.5. The largest absolute Gasteiger partial charge is 0.481 e. The third-order valence-electron chi connectivity index (χ3n) is 6.70. The van der Waals surface area contributed by atoms with Crippen LogP contribution in [0.3, 0.4) is 0 Å². The van der Waals surface area contributed by atoms with Gasteiger partial charge in [0.15, 0.2) is 5.84 Å². The molecule has 1 fully saturated rings. The number of rotatable bonds is 8. The molecule has 2 aromatic carbocycles. The number of halogens is 2. The van der Waals surface area contributed by atoms with Crippen molar-refractivity contribution in [2.75, 3.05) is 37.0 Å². The van der Waals surface area contributed by atoms with Crippen LogP contribution in [0, 0.1) is 0 Å². The SMILES string of the molecule is O=C(O)CC[C@@H]1N=C(c2ccccc2Cl)c2cc(Cl)ccc2N2CN(SCCN3CCCCC3)N=C12. The van der Waals surface area contributed by atoms with Crippen LogP contribution in [0.4, 0.5) is 5.69 Å². The number of carbonyl (C=O) groups is 1. The van der Waals surface area contributed by atoms with Gasteiger partial charge in [0.25, 0.3) is 0 Å². The maximum absolute atomic E-state index is 11.5. The van der Waals surface area contributed by atoms with Gasteiger partial charge >= 0.3 is 5.97 Å². The molecular weight excluding hydrogens is 517 g/mol. The number of piperidine rings is 1. The number of hydrazone groups is 1. The lowest BCUT2D eigenvalue weighted by atomic mass is 10.00. The fourth-order valence-electron chi connectivity index (χ4n) is 4.91. The van der Waals surface area contributed by atoms with Crippen LogP contribution in [-0.2, 0) is 4.79 Å². The molecule has 36 heavy (non-hydrogen) atoms. The van der Waals surface area contributed by atoms with Crippen molar-refractivity contribution in [3.63, 3.8) is 0 Å². The van der Waals surface area contributed by atoms with Gasteiger partial charge in [-0.15, -0.1) is 5.10 Å². The summed E-state index contributed by atoms with van der Waals surface area (Å²) in [6.07, 6.45) is 4.22. The van der Waals surface area contributed by atoms with Crippen LogP contribution in [0.25, 0.3) is 0 Å². The van der Waals surface area contributed by atoms with E-state index in [-0.39, 0.29) is 6.42 Å². The molecule has 3 aliphatic rings. The molecule has 1 atom stereocenters. The van der Waals surface area contributed by atoms with Crippen molar-refractivity contribution in [1.82, 2.24) is 9.31 Å². The lowest BCUT2D eigenvalue weighted by Crippen LogP contribution is -2.36. The van der Waals surface area contributed by atoms with Crippen LogP contribution in [0.15, 0.2) is 52.6 Å². The predicted molar refractivity (Wildman–Crippen MR) is 149 cm³/mol. The number of aliphatic imine (C=N–C) groups is 1. The molecule has 7 nitrogen and oxygen atoms in total. The maximum atomic E-state index is 11.5. The monoisotopic (exact) mass is 545 g/mol. The summed E-state index contributed by atoms with van der Waals surface area (Å²) in [7, 11) is 0. The fourth-order valence-corrected chi connectivity index (χ4v) is 6.19. The van der Waals surface area contributed by atoms with Crippen molar-refractivity contribution >= 4 is 58.4 Å². The molecule has 5 rings (SSSR count). The number of nitrogens with zero attached hydrogens (tertiary/aromatic N) is 5. The standard InChI is InChI=1S/C26H29Cl2N5O2S/c27-18-8-10-23-20(16-18)25(19-6-2-3-7-21(19)28)29-22(9-11-24(34)35)26-30-33(17-32(23)26)36-15-14-31-12-4-1-5-13-31/h2-3,6-8,10,16,22H,1,4-5,9,11-15,17H2,(H,34,35)/t22-/m0/s1. The molecule has 0 aromatic heterocycles. The van der Waals surface area contributed by atoms with Gasteiger partial charge in [0.2, 0.25) is 0 Å². The van der Waals surface area contributed by atoms with Crippen LogP contribution in [-0.4, -0.2) is 70.0 Å². The molecular formula is C26H29Cl2N5O2S. The van der Waals surface area contributed by atoms with Gasteiger partial charge in [-0.1, -0.05) is 47.8 Å². The second-order valence-electron chi connectivity index (χ2n) is 9.18. The summed E-state index contributed by atoms with van der Waals surface area (Å²) in [6, 6.07) is 12.9. The minimum atomic E-state index is -0.854. The van der Waals surface area contributed by atoms with Gasteiger partial charge in [0.1, 0.15) is 12.7 Å². The Morgan fingerprint density at radius 2 is 1.89 bits per heavy atom. The van der Waals surface area contributed by atoms with E-state index in [1.165, 1.54) is 32.4 Å². The average Bonchev–Trinajstić information content (AvgIpc) is 3.24. The number of benzene rings is 2. The molecule has 0 radical (unpaired) electrons. The van der Waals surface area contributed by atoms with E-state index >= 15 is 0 Å². The highest BCUT2D eigenvalue weighted by Gasteiger charge is 2.36. The number of fused-ring (bicyclic) bond motifs is 3. The normalized spacial score (nSPS) is 19.9. The Hall–Kier alpha value is -2.26. The summed E-state index contributed by atoms with van der Waals surface area (Å²) in [5.74, 6) is 0.853. The Morgan fingerprint density at radius 3 is 2.67 bits per heavy atom. The number of carboxylic acid groups (broad SMARTS) is 1. The Kier molecular flexibility index (Phi) is 8.06. The first-order valence-electron chi connectivity index (χ1n) is 12.3. The molecule has 0 bridgehead atoms. The smallest absolute Gasteiger partial charge is 0.303 e. The average molecular weight is 547 g/mol. The highest BCUT2D eigenvalue weighted by molar-refractivity contribution is 7.97. The number of anilines is 1. The molecule has 1 N–H and O–H groups in total. The van der Waals surface area contributed by atoms with E-state index < -0.39 is 12.0 Å². The molecule has 2 aromatic rings. The zero-order valence-electron chi connectivity index (χ0n) is 19.9. The fraction of sp³-hybridized carbons (Fsp3) is 0.423. The minimum absolute atomic E-state index is 0.00394. The zero-order chi connectivity index (χ0) is 25.1. The molecule has 0 unspecified atom stereocenters. The molecule has 3 heterocycles. The lowest BCUT2D eigenvalue weighted by Gasteiger charge is -2.27. The number of aliphatic carboxylic acids is 1. The van der Waals surface area contributed by atoms with Crippen molar-refractivity contribution in [2.24, 2.45) is 10.1 Å². The van der Waals surface area contributed by atoms with E-state index in [4.69, 9.17) is 33.3 Å². The maximum Gasteiger partial charge on any atom is 0.303 e. The van der Waals surface area contributed by atoms with Crippen molar-refractivity contribution in [3.8, 4) is 0 Å². The quantitative estimate of drug-likeness (QED) is 0.435. The molecule has 190 valence electrons. The number of hydrogen-bond acceptors (Lipinski definition) is 7. The van der Waals surface area contributed by atoms with Gasteiger partial charge in [-0.3, -0.25) is 9.79 Å². The molecule has 3 aliphatic heterocycles. The van der Waals surface area contributed by atoms with Crippen molar-refractivity contribution in [3.05, 3.63) is 63.6 Å². The first-order valence-corrected chi connectivity index (χ1v) is 14.0. The predicted octanol–water partition coefficient (Wildman–Crippen LogP) is 5.60. The van der Waals surface area contributed by atoms with E-state index in [0.717, 1.165) is 34.9 Å². The summed E-state index contributed by atoms with van der Waals surface area (Å²) in [5.41, 5.74) is 3.29. The van der Waals surface area contributed by atoms with Crippen LogP contribution in [0.2, 0.25) is 10.0 Å². The van der Waals surface area contributed by atoms with Gasteiger partial charge in [0, 0.05) is 39.9 Å². The second-order valence-corrected chi connectivity index (χ2v) is 11.1. The second kappa shape index (κ2) is 11.4. The van der Waals surface area contributed by atoms with Crippen LogP contribution in [0.5, 0.6) is 0 Å². The number of hydrogen-bond donors (Lipinski definition) is 1. The van der Waals surface area contributed by atoms with Gasteiger partial charge in [-0.2, -0.15) is 0 Å². The van der Waals surface area contributed by atoms with E-state index in [2.05, 4.69) is 9.80 Å². The summed E-state index contributed by atoms with van der Waals surface area (Å²) >= 11 is 14.7. The number of likely N-dealkylation sites (tertiary alicyclic amines) is 1. The van der Waals surface area contributed by atoms with Crippen molar-refractivity contribution in [2.45, 2.75) is 38.1 Å². The van der Waals surface area contributed by atoms with Gasteiger partial charge in [-0.05, 0) is 68.6 Å². The summed E-state index contributed by atoms with van der Waals surface area (Å²) in [6.45, 7) is 3.94. The minimum Gasteiger partial charge on any atom is -0.481 e. The molecule has 0 amide bonds. The van der Waals surface area contributed by atoms with Gasteiger partial charge < -0.3 is 14.9 Å². The Labute approximate surface area is 225 Å². The molecule has 0 spiro atoms. The molecule has 0 saturated carbocycles. The van der Waals surface area contributed by atoms with Crippen LogP contribution >= 0.6 is 35.1 Å². The topological polar surface area (TPSA) is 71.7 Å². The van der Waals surface area contributed by atoms with E-state index in [9.17, 15) is 9.90 Å². The molecule has 1 saturated heterocycles. The van der Waals surface area contributed by atoms with Gasteiger partial charge in [0.05, 0.1) is 11.4 Å². The number of carboxylic acids is 1. The van der Waals surface area contributed by atoms with E-state index in [1.807, 2.05) is 46.9 Å². The molecule has 0 aliphatic carbocycles. The third kappa shape index (κ3) is 5.67. The van der Waals surface area contributed by atoms with Crippen LogP contribution < -0.4 is 4.90 Å². The summed E-state index contributed by atoms with van der Waals surface area (Å²) in [5, 5.41) is 15.5. The summed E-state index contributed by atoms with van der Waals surface area (Å²) in [4.78, 5) is 21.2. The molecule has 10 heteroatoms. The van der Waals surface area contributed by atoms with E-state index in [1.54, 1.807) is 11.9 Å². The zero-order valence-corrected chi connectivity index (χ0v) is 22.3. The Balaban J connectivity index is 1.48. The van der Waals surface area contributed by atoms with Crippen LogP contribution in [0.1, 0.15) is 43.2 Å². The van der Waals surface area contributed by atoms with Crippen molar-refractivity contribution < 1.29 is 9.90 Å². The van der Waals surface area contributed by atoms with Crippen molar-refractivity contribution in [1.29, 1.82) is 0 Å². The Morgan fingerprint density at radius 1 is 1.08 bits per heavy atom. The highest BCUT2D eigenvalue weighted by Crippen LogP contribution is 2.36. The first kappa shape index (κ1) is 25.4. The Bertz CT molecular complexity index is 1180. The highest BCUT2D eigenvalue weighted by atomic mass is 35.5. The third-order valence-corrected chi connectivity index (χ3v) is 8.12. The lowest BCUT2D eigenvalue weighted by molar-refractivity contribution is -0.137. The summed E-state index contributed by atoms with van der Waals surface area (Å²) < 4.78 is 2.00. The van der Waals surface area contributed by atoms with Gasteiger partial charge in [-0.25, -0.2) is 4.41 Å².